The van der Waals surface area contributed by atoms with Crippen molar-refractivity contribution in [3.8, 4) is 0 Å². The van der Waals surface area contributed by atoms with Gasteiger partial charge in [-0.15, -0.1) is 11.3 Å². The van der Waals surface area contributed by atoms with Gasteiger partial charge in [-0.3, -0.25) is 0 Å². The molecular formula is C17H26N2S. The number of hydrogen-bond donors (Lipinski definition) is 1. The van der Waals surface area contributed by atoms with Gasteiger partial charge in [-0.1, -0.05) is 39.8 Å². The maximum atomic E-state index is 4.77. The van der Waals surface area contributed by atoms with Gasteiger partial charge in [0.15, 0.2) is 0 Å². The molecule has 20 heavy (non-hydrogen) atoms. The molecule has 0 aliphatic heterocycles. The van der Waals surface area contributed by atoms with Crippen molar-refractivity contribution in [2.24, 2.45) is 5.41 Å². The number of thiazole rings is 1. The summed E-state index contributed by atoms with van der Waals surface area (Å²) in [6.45, 7) is 10.2. The van der Waals surface area contributed by atoms with Crippen LogP contribution in [0.4, 0.5) is 0 Å². The largest absolute Gasteiger partial charge is 0.314 e. The Morgan fingerprint density at radius 2 is 2.00 bits per heavy atom. The Labute approximate surface area is 126 Å². The molecule has 0 bridgehead atoms. The molecule has 110 valence electrons. The number of para-hydroxylation sites is 1. The minimum Gasteiger partial charge on any atom is -0.314 e. The molecule has 0 fully saturated rings. The molecule has 0 spiro atoms. The highest BCUT2D eigenvalue weighted by Gasteiger charge is 2.19. The zero-order valence-electron chi connectivity index (χ0n) is 13.1. The lowest BCUT2D eigenvalue weighted by Crippen LogP contribution is -2.35. The van der Waals surface area contributed by atoms with E-state index in [1.165, 1.54) is 22.5 Å². The molecule has 1 N–H and O–H groups in total. The topological polar surface area (TPSA) is 24.9 Å². The predicted molar refractivity (Wildman–Crippen MR) is 89.5 cm³/mol. The summed E-state index contributed by atoms with van der Waals surface area (Å²) < 4.78 is 1.30. The average molecular weight is 290 g/mol. The summed E-state index contributed by atoms with van der Waals surface area (Å²) in [4.78, 5) is 4.77. The fourth-order valence-electron chi connectivity index (χ4n) is 2.52. The summed E-state index contributed by atoms with van der Waals surface area (Å²) in [5.41, 5.74) is 1.49. The predicted octanol–water partition coefficient (Wildman–Crippen LogP) is 4.64. The highest BCUT2D eigenvalue weighted by atomic mass is 32.1. The molecule has 1 aromatic heterocycles. The van der Waals surface area contributed by atoms with Crippen molar-refractivity contribution < 1.29 is 0 Å². The molecule has 2 nitrogen and oxygen atoms in total. The fourth-order valence-corrected chi connectivity index (χ4v) is 3.57. The van der Waals surface area contributed by atoms with Gasteiger partial charge in [0.05, 0.1) is 15.2 Å². The number of hydrogen-bond acceptors (Lipinski definition) is 3. The molecule has 3 heteroatoms. The van der Waals surface area contributed by atoms with E-state index >= 15 is 0 Å². The van der Waals surface area contributed by atoms with Gasteiger partial charge in [0.1, 0.15) is 0 Å². The lowest BCUT2D eigenvalue weighted by Gasteiger charge is -2.26. The Morgan fingerprint density at radius 3 is 2.65 bits per heavy atom. The lowest BCUT2D eigenvalue weighted by atomic mass is 9.87. The smallest absolute Gasteiger partial charge is 0.0954 e. The quantitative estimate of drug-likeness (QED) is 0.838. The molecule has 0 saturated carbocycles. The molecule has 2 aromatic rings. The minimum atomic E-state index is 0.349. The Bertz CT molecular complexity index is 506. The van der Waals surface area contributed by atoms with Crippen LogP contribution in [0.3, 0.4) is 0 Å². The first kappa shape index (κ1) is 15.5. The summed E-state index contributed by atoms with van der Waals surface area (Å²) >= 11 is 1.83. The number of nitrogens with zero attached hydrogens (tertiary/aromatic N) is 1. The van der Waals surface area contributed by atoms with Gasteiger partial charge in [0, 0.05) is 12.5 Å². The van der Waals surface area contributed by atoms with Gasteiger partial charge >= 0.3 is 0 Å². The first-order valence-corrected chi connectivity index (χ1v) is 8.37. The van der Waals surface area contributed by atoms with E-state index in [1.54, 1.807) is 0 Å². The second-order valence-corrected chi connectivity index (χ2v) is 7.81. The fraction of sp³-hybridized carbons (Fsp3) is 0.588. The SMILES string of the molecule is CCCNC(Cc1nc2ccccc2s1)CC(C)(C)C. The molecule has 2 rings (SSSR count). The van der Waals surface area contributed by atoms with Gasteiger partial charge in [0.2, 0.25) is 0 Å². The van der Waals surface area contributed by atoms with Crippen LogP contribution in [0, 0.1) is 5.41 Å². The molecule has 1 unspecified atom stereocenters. The van der Waals surface area contributed by atoms with Crippen LogP contribution in [-0.4, -0.2) is 17.6 Å². The highest BCUT2D eigenvalue weighted by molar-refractivity contribution is 7.18. The first-order valence-electron chi connectivity index (χ1n) is 7.56. The van der Waals surface area contributed by atoms with Crippen molar-refractivity contribution in [1.29, 1.82) is 0 Å². The van der Waals surface area contributed by atoms with Gasteiger partial charge < -0.3 is 5.32 Å². The number of fused-ring (bicyclic) bond motifs is 1. The van der Waals surface area contributed by atoms with Crippen LogP contribution in [0.15, 0.2) is 24.3 Å². The van der Waals surface area contributed by atoms with E-state index in [0.717, 1.165) is 18.5 Å². The van der Waals surface area contributed by atoms with Crippen LogP contribution in [0.5, 0.6) is 0 Å². The van der Waals surface area contributed by atoms with Crippen molar-refractivity contribution in [3.63, 3.8) is 0 Å². The van der Waals surface area contributed by atoms with Gasteiger partial charge in [0.25, 0.3) is 0 Å². The van der Waals surface area contributed by atoms with E-state index in [2.05, 4.69) is 57.3 Å². The molecule has 0 radical (unpaired) electrons. The summed E-state index contributed by atoms with van der Waals surface area (Å²) in [5, 5.41) is 4.94. The molecule has 1 aromatic carbocycles. The summed E-state index contributed by atoms with van der Waals surface area (Å²) in [6, 6.07) is 8.94. The summed E-state index contributed by atoms with van der Waals surface area (Å²) in [7, 11) is 0. The Balaban J connectivity index is 2.09. The molecule has 0 saturated heterocycles. The van der Waals surface area contributed by atoms with E-state index in [9.17, 15) is 0 Å². The Morgan fingerprint density at radius 1 is 1.25 bits per heavy atom. The van der Waals surface area contributed by atoms with Gasteiger partial charge in [-0.05, 0) is 36.9 Å². The second-order valence-electron chi connectivity index (χ2n) is 6.70. The van der Waals surface area contributed by atoms with Crippen molar-refractivity contribution in [2.75, 3.05) is 6.54 Å². The third-order valence-corrected chi connectivity index (χ3v) is 4.36. The zero-order chi connectivity index (χ0) is 14.6. The molecule has 0 aliphatic carbocycles. The number of rotatable bonds is 6. The Kier molecular flexibility index (Phi) is 5.17. The Hall–Kier alpha value is -0.930. The lowest BCUT2D eigenvalue weighted by molar-refractivity contribution is 0.306. The van der Waals surface area contributed by atoms with Gasteiger partial charge in [-0.2, -0.15) is 0 Å². The van der Waals surface area contributed by atoms with E-state index in [-0.39, 0.29) is 0 Å². The van der Waals surface area contributed by atoms with Crippen LogP contribution in [-0.2, 0) is 6.42 Å². The van der Waals surface area contributed by atoms with E-state index in [4.69, 9.17) is 4.98 Å². The number of benzene rings is 1. The second kappa shape index (κ2) is 6.68. The molecule has 0 amide bonds. The van der Waals surface area contributed by atoms with Crippen molar-refractivity contribution in [1.82, 2.24) is 10.3 Å². The number of nitrogens with one attached hydrogen (secondary N) is 1. The van der Waals surface area contributed by atoms with Crippen LogP contribution in [0.1, 0.15) is 45.5 Å². The number of aromatic nitrogens is 1. The van der Waals surface area contributed by atoms with Crippen molar-refractivity contribution >= 4 is 21.6 Å². The minimum absolute atomic E-state index is 0.349. The summed E-state index contributed by atoms with van der Waals surface area (Å²) in [6.07, 6.45) is 3.40. The summed E-state index contributed by atoms with van der Waals surface area (Å²) in [5.74, 6) is 0. The van der Waals surface area contributed by atoms with Gasteiger partial charge in [-0.25, -0.2) is 4.98 Å². The van der Waals surface area contributed by atoms with Crippen LogP contribution >= 0.6 is 11.3 Å². The molecule has 1 heterocycles. The maximum absolute atomic E-state index is 4.77. The first-order chi connectivity index (χ1) is 9.48. The monoisotopic (exact) mass is 290 g/mol. The van der Waals surface area contributed by atoms with Crippen LogP contribution in [0.2, 0.25) is 0 Å². The third-order valence-electron chi connectivity index (χ3n) is 3.30. The normalized spacial score (nSPS) is 13.8. The molecular weight excluding hydrogens is 264 g/mol. The third kappa shape index (κ3) is 4.57. The highest BCUT2D eigenvalue weighted by Crippen LogP contribution is 2.26. The van der Waals surface area contributed by atoms with Crippen molar-refractivity contribution in [2.45, 2.75) is 53.0 Å². The van der Waals surface area contributed by atoms with Crippen LogP contribution < -0.4 is 5.32 Å². The van der Waals surface area contributed by atoms with Crippen molar-refractivity contribution in [3.05, 3.63) is 29.3 Å². The molecule has 0 aliphatic rings. The van der Waals surface area contributed by atoms with E-state index < -0.39 is 0 Å². The van der Waals surface area contributed by atoms with E-state index in [1.807, 2.05) is 11.3 Å². The maximum Gasteiger partial charge on any atom is 0.0954 e. The van der Waals surface area contributed by atoms with Crippen LogP contribution in [0.25, 0.3) is 10.2 Å². The zero-order valence-corrected chi connectivity index (χ0v) is 13.9. The standard InChI is InChI=1S/C17H26N2S/c1-5-10-18-13(12-17(2,3)4)11-16-19-14-8-6-7-9-15(14)20-16/h6-9,13,18H,5,10-12H2,1-4H3. The molecule has 1 atom stereocenters. The average Bonchev–Trinajstić information content (AvgIpc) is 2.76. The van der Waals surface area contributed by atoms with E-state index in [0.29, 0.717) is 11.5 Å².